The molecule has 2 N–H and O–H groups in total. The minimum Gasteiger partial charge on any atom is -0.379 e. The fraction of sp³-hybridized carbons (Fsp3) is 0.920. The minimum atomic E-state index is -0.271. The maximum absolute atomic E-state index is 11.7. The number of rotatable bonds is 13. The van der Waals surface area contributed by atoms with E-state index in [-0.39, 0.29) is 33.7 Å². The van der Waals surface area contributed by atoms with Gasteiger partial charge in [-0.05, 0) is 70.9 Å². The van der Waals surface area contributed by atoms with Crippen molar-refractivity contribution >= 4 is 30.8 Å². The van der Waals surface area contributed by atoms with Gasteiger partial charge in [0.1, 0.15) is 0 Å². The maximum Gasteiger partial charge on any atom is 0.220 e. The van der Waals surface area contributed by atoms with Crippen LogP contribution in [0.15, 0.2) is 0 Å². The second kappa shape index (κ2) is 17.2. The van der Waals surface area contributed by atoms with Crippen LogP contribution in [0.1, 0.15) is 109 Å². The summed E-state index contributed by atoms with van der Waals surface area (Å²) >= 11 is 0. The van der Waals surface area contributed by atoms with Crippen LogP contribution in [-0.4, -0.2) is 42.0 Å². The van der Waals surface area contributed by atoms with Gasteiger partial charge in [0, 0.05) is 18.6 Å². The average molecular weight is 495 g/mol. The molecule has 2 amide bonds. The van der Waals surface area contributed by atoms with Crippen LogP contribution in [0.4, 0.5) is 0 Å². The van der Waals surface area contributed by atoms with E-state index in [1.165, 1.54) is 0 Å². The first-order chi connectivity index (χ1) is 14.4. The molecular weight excluding hydrogens is 438 g/mol. The van der Waals surface area contributed by atoms with Gasteiger partial charge in [0.25, 0.3) is 0 Å². The summed E-state index contributed by atoms with van der Waals surface area (Å²) in [6.07, 6.45) is 5.49. The van der Waals surface area contributed by atoms with Gasteiger partial charge in [-0.1, -0.05) is 48.5 Å². The van der Waals surface area contributed by atoms with Gasteiger partial charge in [-0.2, -0.15) is 0 Å². The van der Waals surface area contributed by atoms with Crippen molar-refractivity contribution in [2.45, 2.75) is 126 Å². The highest BCUT2D eigenvalue weighted by Gasteiger charge is 2.41. The molecule has 3 atom stereocenters. The molecule has 32 heavy (non-hydrogen) atoms. The molecule has 0 aromatic heterocycles. The van der Waals surface area contributed by atoms with E-state index in [0.29, 0.717) is 6.42 Å². The van der Waals surface area contributed by atoms with Gasteiger partial charge in [0.2, 0.25) is 12.3 Å². The number of hydrogen-bond acceptors (Lipinski definition) is 3. The van der Waals surface area contributed by atoms with E-state index in [0.717, 1.165) is 38.4 Å². The summed E-state index contributed by atoms with van der Waals surface area (Å²) in [5.41, 5.74) is 0.186. The molecule has 0 aliphatic heterocycles. The van der Waals surface area contributed by atoms with Crippen molar-refractivity contribution in [3.63, 3.8) is 0 Å². The highest BCUT2D eigenvalue weighted by atomic mass is 31.0. The number of hydrogen-bond donors (Lipinski definition) is 2. The van der Waals surface area contributed by atoms with Gasteiger partial charge in [-0.15, -0.1) is 18.5 Å². The van der Waals surface area contributed by atoms with Crippen molar-refractivity contribution in [3.8, 4) is 0 Å². The Hall–Kier alpha value is -0.240. The largest absolute Gasteiger partial charge is 0.379 e. The van der Waals surface area contributed by atoms with E-state index >= 15 is 0 Å². The predicted octanol–water partition coefficient (Wildman–Crippen LogP) is 6.16. The number of carbonyl (C=O) groups is 2. The summed E-state index contributed by atoms with van der Waals surface area (Å²) in [6.45, 7) is 26.0. The average Bonchev–Trinajstić information content (AvgIpc) is 2.61. The molecule has 0 saturated carbocycles. The standard InChI is InChI=1S/C17H36NO2P.C6H14NOP.C2H6/c1-9-14(19)18-17(8,21)12-16(6,7)15(4,5)10-11-20-13(2)3;1-6(2,3-4-9)7-5-8;1-2/h13H,9-12,21H2,1-8H3,(H,18,19);5H,3-4,9H2,1-2H3,(H,7,8);1-2H3. The lowest BCUT2D eigenvalue weighted by atomic mass is 9.63. The number of amides is 2. The summed E-state index contributed by atoms with van der Waals surface area (Å²) in [7, 11) is 5.45. The van der Waals surface area contributed by atoms with Crippen molar-refractivity contribution in [2.24, 2.45) is 10.8 Å². The molecule has 7 heteroatoms. The topological polar surface area (TPSA) is 67.4 Å². The molecule has 5 nitrogen and oxygen atoms in total. The van der Waals surface area contributed by atoms with E-state index in [2.05, 4.69) is 77.6 Å². The lowest BCUT2D eigenvalue weighted by molar-refractivity contribution is -0.122. The summed E-state index contributed by atoms with van der Waals surface area (Å²) in [5.74, 6) is 0.101. The van der Waals surface area contributed by atoms with Crippen LogP contribution in [0.25, 0.3) is 0 Å². The predicted molar refractivity (Wildman–Crippen MR) is 148 cm³/mol. The third kappa shape index (κ3) is 18.2. The molecule has 0 aliphatic carbocycles. The van der Waals surface area contributed by atoms with Crippen LogP contribution in [0.3, 0.4) is 0 Å². The Morgan fingerprint density at radius 2 is 1.50 bits per heavy atom. The third-order valence-corrected chi connectivity index (χ3v) is 6.42. The number of carbonyl (C=O) groups excluding carboxylic acids is 2. The van der Waals surface area contributed by atoms with Gasteiger partial charge < -0.3 is 15.4 Å². The first kappa shape index (κ1) is 36.3. The molecule has 3 unspecified atom stereocenters. The Labute approximate surface area is 205 Å². The van der Waals surface area contributed by atoms with E-state index in [1.807, 2.05) is 34.6 Å². The second-order valence-corrected chi connectivity index (χ2v) is 12.5. The molecule has 0 fully saturated rings. The fourth-order valence-corrected chi connectivity index (χ4v) is 4.48. The molecule has 0 aliphatic rings. The molecular formula is C25H56N2O3P2. The molecule has 0 bridgehead atoms. The normalized spacial score (nSPS) is 13.7. The molecule has 0 saturated heterocycles. The lowest BCUT2D eigenvalue weighted by Gasteiger charge is -2.46. The zero-order chi connectivity index (χ0) is 26.2. The summed E-state index contributed by atoms with van der Waals surface area (Å²) in [6, 6.07) is 0. The molecule has 194 valence electrons. The first-order valence-electron chi connectivity index (χ1n) is 12.1. The summed E-state index contributed by atoms with van der Waals surface area (Å²) < 4.78 is 5.71. The highest BCUT2D eigenvalue weighted by Crippen LogP contribution is 2.47. The van der Waals surface area contributed by atoms with Crippen molar-refractivity contribution in [3.05, 3.63) is 0 Å². The third-order valence-electron chi connectivity index (χ3n) is 5.78. The van der Waals surface area contributed by atoms with Crippen LogP contribution < -0.4 is 10.6 Å². The Bertz CT molecular complexity index is 505. The highest BCUT2D eigenvalue weighted by molar-refractivity contribution is 7.18. The summed E-state index contributed by atoms with van der Waals surface area (Å²) in [4.78, 5) is 21.6. The quantitative estimate of drug-likeness (QED) is 0.238. The Morgan fingerprint density at radius 3 is 1.88 bits per heavy atom. The van der Waals surface area contributed by atoms with Crippen LogP contribution in [0.5, 0.6) is 0 Å². The molecule has 0 aromatic rings. The van der Waals surface area contributed by atoms with Gasteiger partial charge >= 0.3 is 0 Å². The van der Waals surface area contributed by atoms with Crippen LogP contribution in [0.2, 0.25) is 0 Å². The van der Waals surface area contributed by atoms with Crippen molar-refractivity contribution in [2.75, 3.05) is 12.8 Å². The van der Waals surface area contributed by atoms with Crippen LogP contribution >= 0.6 is 18.5 Å². The van der Waals surface area contributed by atoms with Crippen molar-refractivity contribution in [1.29, 1.82) is 0 Å². The van der Waals surface area contributed by atoms with Gasteiger partial charge in [0.05, 0.1) is 11.4 Å². The van der Waals surface area contributed by atoms with E-state index in [1.54, 1.807) is 0 Å². The van der Waals surface area contributed by atoms with Crippen LogP contribution in [0, 0.1) is 10.8 Å². The zero-order valence-corrected chi connectivity index (χ0v) is 25.6. The maximum atomic E-state index is 11.7. The number of ether oxygens (including phenoxy) is 1. The van der Waals surface area contributed by atoms with Crippen LogP contribution in [-0.2, 0) is 14.3 Å². The Balaban J connectivity index is -0.000000638. The zero-order valence-electron chi connectivity index (χ0n) is 23.3. The Kier molecular flexibility index (Phi) is 19.6. The monoisotopic (exact) mass is 494 g/mol. The van der Waals surface area contributed by atoms with Crippen molar-refractivity contribution < 1.29 is 14.3 Å². The van der Waals surface area contributed by atoms with E-state index in [9.17, 15) is 9.59 Å². The molecule has 0 spiro atoms. The fourth-order valence-electron chi connectivity index (χ4n) is 3.09. The molecule has 0 rings (SSSR count). The smallest absolute Gasteiger partial charge is 0.220 e. The molecule has 0 heterocycles. The van der Waals surface area contributed by atoms with E-state index < -0.39 is 0 Å². The van der Waals surface area contributed by atoms with Crippen molar-refractivity contribution in [1.82, 2.24) is 10.6 Å². The van der Waals surface area contributed by atoms with Gasteiger partial charge in [-0.3, -0.25) is 9.59 Å². The van der Waals surface area contributed by atoms with Gasteiger partial charge in [-0.25, -0.2) is 0 Å². The number of nitrogens with one attached hydrogen (secondary N) is 2. The van der Waals surface area contributed by atoms with Gasteiger partial charge in [0.15, 0.2) is 0 Å². The molecule has 0 aromatic carbocycles. The minimum absolute atomic E-state index is 0.0382. The lowest BCUT2D eigenvalue weighted by Crippen LogP contribution is -2.47. The Morgan fingerprint density at radius 1 is 1.00 bits per heavy atom. The second-order valence-electron chi connectivity index (χ2n) is 10.6. The summed E-state index contributed by atoms with van der Waals surface area (Å²) in [5, 5.41) is 5.56. The molecule has 0 radical (unpaired) electrons. The first-order valence-corrected chi connectivity index (χ1v) is 13.5. The van der Waals surface area contributed by atoms with E-state index in [4.69, 9.17) is 4.74 Å². The SMILES string of the molecule is CC.CC(C)(CCP)NC=O.CCC(=O)NC(C)(P)CC(C)(C)C(C)(C)CCOC(C)C.